The van der Waals surface area contributed by atoms with Crippen LogP contribution in [0.15, 0.2) is 46.9 Å². The van der Waals surface area contributed by atoms with Crippen molar-refractivity contribution in [3.8, 4) is 0 Å². The molecule has 0 fully saturated rings. The highest BCUT2D eigenvalue weighted by molar-refractivity contribution is 8.03. The first kappa shape index (κ1) is 9.67. The highest BCUT2D eigenvalue weighted by Crippen LogP contribution is 2.40. The molecule has 0 saturated heterocycles. The van der Waals surface area contributed by atoms with Gasteiger partial charge in [-0.1, -0.05) is 30.3 Å². The number of Topliss-reactive ketones (excluding diaryl/α,β-unsaturated/α-hetero) is 1. The number of rotatable bonds is 1. The van der Waals surface area contributed by atoms with E-state index in [1.54, 1.807) is 0 Å². The van der Waals surface area contributed by atoms with Crippen LogP contribution in [0.2, 0.25) is 0 Å². The second kappa shape index (κ2) is 3.49. The summed E-state index contributed by atoms with van der Waals surface area (Å²) in [6, 6.07) is 8.12. The van der Waals surface area contributed by atoms with E-state index in [4.69, 9.17) is 0 Å². The first-order valence-electron chi connectivity index (χ1n) is 5.13. The molecular formula is C14H10OS. The Morgan fingerprint density at radius 1 is 1.06 bits per heavy atom. The van der Waals surface area contributed by atoms with E-state index in [0.717, 1.165) is 21.6 Å². The van der Waals surface area contributed by atoms with Gasteiger partial charge in [-0.05, 0) is 35.1 Å². The van der Waals surface area contributed by atoms with Gasteiger partial charge in [0, 0.05) is 5.57 Å². The van der Waals surface area contributed by atoms with Crippen molar-refractivity contribution in [2.24, 2.45) is 0 Å². The van der Waals surface area contributed by atoms with Gasteiger partial charge in [0.2, 0.25) is 0 Å². The van der Waals surface area contributed by atoms with Gasteiger partial charge in [0.15, 0.2) is 5.78 Å². The van der Waals surface area contributed by atoms with E-state index in [-0.39, 0.29) is 5.78 Å². The van der Waals surface area contributed by atoms with Crippen LogP contribution in [0.5, 0.6) is 0 Å². The fourth-order valence-electron chi connectivity index (χ4n) is 2.14. The van der Waals surface area contributed by atoms with Crippen LogP contribution in [0.3, 0.4) is 0 Å². The minimum Gasteiger partial charge on any atom is -0.288 e. The Kier molecular flexibility index (Phi) is 2.11. The second-order valence-electron chi connectivity index (χ2n) is 3.79. The summed E-state index contributed by atoms with van der Waals surface area (Å²) < 4.78 is 0. The van der Waals surface area contributed by atoms with Crippen LogP contribution in [0.25, 0.3) is 11.6 Å². The summed E-state index contributed by atoms with van der Waals surface area (Å²) in [5.41, 5.74) is 4.22. The maximum absolute atomic E-state index is 12.1. The molecule has 1 aromatic carbocycles. The molecule has 2 heteroatoms. The van der Waals surface area contributed by atoms with Gasteiger partial charge in [0.05, 0.1) is 4.91 Å². The largest absolute Gasteiger partial charge is 0.288 e. The molecule has 0 N–H and O–H groups in total. The zero-order chi connectivity index (χ0) is 11.1. The molecule has 2 aliphatic carbocycles. The summed E-state index contributed by atoms with van der Waals surface area (Å²) in [4.78, 5) is 12.9. The highest BCUT2D eigenvalue weighted by Gasteiger charge is 2.27. The lowest BCUT2D eigenvalue weighted by atomic mass is 9.96. The predicted octanol–water partition coefficient (Wildman–Crippen LogP) is 3.30. The molecule has 3 rings (SSSR count). The van der Waals surface area contributed by atoms with E-state index in [1.165, 1.54) is 17.3 Å². The molecule has 78 valence electrons. The number of fused-ring (bicyclic) bond motifs is 3. The van der Waals surface area contributed by atoms with Gasteiger partial charge >= 0.3 is 0 Å². The molecule has 0 atom stereocenters. The normalized spacial score (nSPS) is 17.3. The molecule has 0 aromatic heterocycles. The Balaban J connectivity index is 2.19. The molecule has 2 aliphatic rings. The molecule has 1 nitrogen and oxygen atoms in total. The first-order valence-corrected chi connectivity index (χ1v) is 6.36. The third-order valence-corrected chi connectivity index (χ3v) is 3.69. The average molecular weight is 226 g/mol. The quantitative estimate of drug-likeness (QED) is 0.731. The zero-order valence-electron chi connectivity index (χ0n) is 8.86. The molecule has 0 saturated carbocycles. The average Bonchev–Trinajstić information content (AvgIpc) is 2.69. The first-order chi connectivity index (χ1) is 7.81. The lowest BCUT2D eigenvalue weighted by molar-refractivity contribution is -0.111. The van der Waals surface area contributed by atoms with E-state index in [9.17, 15) is 4.79 Å². The van der Waals surface area contributed by atoms with Gasteiger partial charge in [-0.2, -0.15) is 0 Å². The van der Waals surface area contributed by atoms with Crippen molar-refractivity contribution in [2.75, 3.05) is 6.26 Å². The lowest BCUT2D eigenvalue weighted by Crippen LogP contribution is -2.06. The monoisotopic (exact) mass is 226 g/mol. The Morgan fingerprint density at radius 2 is 1.88 bits per heavy atom. The Morgan fingerprint density at radius 3 is 2.69 bits per heavy atom. The van der Waals surface area contributed by atoms with Crippen molar-refractivity contribution in [3.63, 3.8) is 0 Å². The van der Waals surface area contributed by atoms with Crippen LogP contribution < -0.4 is 0 Å². The van der Waals surface area contributed by atoms with Gasteiger partial charge in [0.1, 0.15) is 0 Å². The number of benzene rings is 1. The zero-order valence-corrected chi connectivity index (χ0v) is 9.67. The van der Waals surface area contributed by atoms with E-state index in [2.05, 4.69) is 6.07 Å². The molecular weight excluding hydrogens is 216 g/mol. The number of thioether (sulfide) groups is 1. The van der Waals surface area contributed by atoms with Crippen LogP contribution in [-0.2, 0) is 4.79 Å². The smallest absolute Gasteiger partial charge is 0.199 e. The molecule has 0 radical (unpaired) electrons. The fourth-order valence-corrected chi connectivity index (χ4v) is 2.64. The number of allylic oxidation sites excluding steroid dienone is 5. The van der Waals surface area contributed by atoms with Crippen LogP contribution in [-0.4, -0.2) is 12.0 Å². The van der Waals surface area contributed by atoms with Crippen molar-refractivity contribution in [1.82, 2.24) is 0 Å². The van der Waals surface area contributed by atoms with Gasteiger partial charge in [-0.3, -0.25) is 4.79 Å². The predicted molar refractivity (Wildman–Crippen MR) is 69.0 cm³/mol. The Labute approximate surface area is 98.6 Å². The molecule has 0 aliphatic heterocycles. The fraction of sp³-hybridized carbons (Fsp3) is 0.0714. The number of hydrogen-bond donors (Lipinski definition) is 0. The van der Waals surface area contributed by atoms with Crippen molar-refractivity contribution in [3.05, 3.63) is 58.0 Å². The number of carbonyl (C=O) groups excluding carboxylic acids is 1. The summed E-state index contributed by atoms with van der Waals surface area (Å²) in [6.45, 7) is 0. The van der Waals surface area contributed by atoms with Crippen molar-refractivity contribution >= 4 is 29.2 Å². The van der Waals surface area contributed by atoms with E-state index in [0.29, 0.717) is 0 Å². The molecule has 0 spiro atoms. The topological polar surface area (TPSA) is 17.1 Å². The molecule has 1 aromatic rings. The van der Waals surface area contributed by atoms with E-state index in [1.807, 2.05) is 42.7 Å². The highest BCUT2D eigenvalue weighted by atomic mass is 32.2. The van der Waals surface area contributed by atoms with Gasteiger partial charge in [-0.15, -0.1) is 11.8 Å². The molecule has 16 heavy (non-hydrogen) atoms. The Bertz CT molecular complexity index is 576. The summed E-state index contributed by atoms with van der Waals surface area (Å²) in [5, 5.41) is 0. The number of hydrogen-bond acceptors (Lipinski definition) is 2. The van der Waals surface area contributed by atoms with Gasteiger partial charge in [-0.25, -0.2) is 0 Å². The van der Waals surface area contributed by atoms with Crippen LogP contribution in [0.1, 0.15) is 11.1 Å². The van der Waals surface area contributed by atoms with Gasteiger partial charge in [0.25, 0.3) is 0 Å². The van der Waals surface area contributed by atoms with Crippen molar-refractivity contribution in [2.45, 2.75) is 0 Å². The van der Waals surface area contributed by atoms with Crippen LogP contribution in [0.4, 0.5) is 0 Å². The van der Waals surface area contributed by atoms with Crippen LogP contribution >= 0.6 is 11.8 Å². The third-order valence-electron chi connectivity index (χ3n) is 2.93. The Hall–Kier alpha value is -1.54. The van der Waals surface area contributed by atoms with Crippen molar-refractivity contribution in [1.29, 1.82) is 0 Å². The van der Waals surface area contributed by atoms with Gasteiger partial charge < -0.3 is 0 Å². The minimum atomic E-state index is 0.154. The third kappa shape index (κ3) is 1.23. The maximum Gasteiger partial charge on any atom is 0.199 e. The number of ketones is 1. The number of carbonyl (C=O) groups is 1. The standard InChI is InChI=1S/C14H10OS/c1-16-13-7-6-11-10-5-3-2-4-9(10)8-12(11)14(13)15/h2-8H,1H3. The summed E-state index contributed by atoms with van der Waals surface area (Å²) in [7, 11) is 0. The summed E-state index contributed by atoms with van der Waals surface area (Å²) >= 11 is 1.51. The van der Waals surface area contributed by atoms with Crippen LogP contribution in [0, 0.1) is 0 Å². The lowest BCUT2D eigenvalue weighted by Gasteiger charge is -2.11. The molecule has 0 unspecified atom stereocenters. The molecule has 0 bridgehead atoms. The second-order valence-corrected chi connectivity index (χ2v) is 4.64. The SMILES string of the molecule is CSC1=CC=C2C(=Cc3ccccc32)C1=O. The molecule has 0 heterocycles. The summed E-state index contributed by atoms with van der Waals surface area (Å²) in [5.74, 6) is 0.154. The van der Waals surface area contributed by atoms with E-state index >= 15 is 0 Å². The van der Waals surface area contributed by atoms with Crippen molar-refractivity contribution < 1.29 is 4.79 Å². The maximum atomic E-state index is 12.1. The van der Waals surface area contributed by atoms with E-state index < -0.39 is 0 Å². The molecule has 0 amide bonds. The minimum absolute atomic E-state index is 0.154. The summed E-state index contributed by atoms with van der Waals surface area (Å²) in [6.07, 6.45) is 7.89.